The molecule has 5 heterocycles. The Labute approximate surface area is 193 Å². The second-order valence-corrected chi connectivity index (χ2v) is 8.64. The number of rotatable bonds is 4. The molecular weight excluding hydrogens is 453 g/mol. The summed E-state index contributed by atoms with van der Waals surface area (Å²) >= 11 is 0. The standard InChI is InChI=1S/C21H25F3N8O2/c1-30(14-2-5-31(6-3-14)16-8-13-10-26-28-19(13)25-11-16)20(33)27-18-9-17(21(22,23)24)32(29-18)15-4-7-34-12-15/h8-11,14-15H,2-7,12H2,1H3,(H,25,26,28)(H,27,29,33). The van der Waals surface area contributed by atoms with Gasteiger partial charge in [-0.25, -0.2) is 9.78 Å². The Morgan fingerprint density at radius 3 is 2.74 bits per heavy atom. The molecule has 2 saturated heterocycles. The molecule has 5 rings (SSSR count). The van der Waals surface area contributed by atoms with Crippen LogP contribution in [-0.4, -0.2) is 75.3 Å². The topological polar surface area (TPSA) is 104 Å². The number of nitrogens with zero attached hydrogens (tertiary/aromatic N) is 6. The van der Waals surface area contributed by atoms with Gasteiger partial charge in [0, 0.05) is 44.2 Å². The molecule has 2 aliphatic heterocycles. The van der Waals surface area contributed by atoms with E-state index in [1.54, 1.807) is 24.3 Å². The third-order valence-corrected chi connectivity index (χ3v) is 6.49. The first kappa shape index (κ1) is 22.4. The number of carbonyl (C=O) groups excluding carboxylic acids is 1. The van der Waals surface area contributed by atoms with E-state index in [4.69, 9.17) is 4.74 Å². The smallest absolute Gasteiger partial charge is 0.379 e. The van der Waals surface area contributed by atoms with E-state index in [-0.39, 0.29) is 18.5 Å². The van der Waals surface area contributed by atoms with E-state index in [0.717, 1.165) is 53.4 Å². The molecule has 0 radical (unpaired) electrons. The Balaban J connectivity index is 1.22. The number of fused-ring (bicyclic) bond motifs is 1. The van der Waals surface area contributed by atoms with Gasteiger partial charge in [-0.15, -0.1) is 0 Å². The minimum Gasteiger partial charge on any atom is -0.379 e. The summed E-state index contributed by atoms with van der Waals surface area (Å²) in [6.07, 6.45) is 0.818. The number of nitrogens with one attached hydrogen (secondary N) is 2. The van der Waals surface area contributed by atoms with Crippen LogP contribution in [0.3, 0.4) is 0 Å². The molecule has 2 amide bonds. The fraction of sp³-hybridized carbons (Fsp3) is 0.524. The zero-order valence-corrected chi connectivity index (χ0v) is 18.5. The molecule has 13 heteroatoms. The predicted molar refractivity (Wildman–Crippen MR) is 118 cm³/mol. The van der Waals surface area contributed by atoms with Crippen molar-refractivity contribution in [2.24, 2.45) is 0 Å². The van der Waals surface area contributed by atoms with Crippen LogP contribution in [0.5, 0.6) is 0 Å². The molecule has 1 unspecified atom stereocenters. The van der Waals surface area contributed by atoms with Crippen LogP contribution in [0, 0.1) is 0 Å². The van der Waals surface area contributed by atoms with Gasteiger partial charge in [0.15, 0.2) is 11.5 Å². The van der Waals surface area contributed by atoms with Crippen molar-refractivity contribution in [3.05, 3.63) is 30.2 Å². The van der Waals surface area contributed by atoms with Crippen LogP contribution in [0.15, 0.2) is 24.5 Å². The number of anilines is 2. The average molecular weight is 478 g/mol. The fourth-order valence-electron chi connectivity index (χ4n) is 4.53. The lowest BCUT2D eigenvalue weighted by atomic mass is 10.0. The Morgan fingerprint density at radius 2 is 2.03 bits per heavy atom. The molecule has 0 saturated carbocycles. The number of urea groups is 1. The number of halogens is 3. The van der Waals surface area contributed by atoms with Gasteiger partial charge in [0.25, 0.3) is 0 Å². The molecule has 182 valence electrons. The lowest BCUT2D eigenvalue weighted by Crippen LogP contribution is -2.47. The van der Waals surface area contributed by atoms with Crippen molar-refractivity contribution in [2.45, 2.75) is 37.5 Å². The van der Waals surface area contributed by atoms with Gasteiger partial charge in [-0.2, -0.15) is 23.4 Å². The Morgan fingerprint density at radius 1 is 1.24 bits per heavy atom. The summed E-state index contributed by atoms with van der Waals surface area (Å²) in [4.78, 5) is 20.9. The summed E-state index contributed by atoms with van der Waals surface area (Å²) in [5.41, 5.74) is 0.824. The van der Waals surface area contributed by atoms with Crippen molar-refractivity contribution in [3.8, 4) is 0 Å². The van der Waals surface area contributed by atoms with Crippen molar-refractivity contribution in [3.63, 3.8) is 0 Å². The molecule has 2 aliphatic rings. The number of carbonyl (C=O) groups is 1. The van der Waals surface area contributed by atoms with Crippen LogP contribution in [0.2, 0.25) is 0 Å². The summed E-state index contributed by atoms with van der Waals surface area (Å²) in [6, 6.07) is 1.87. The van der Waals surface area contributed by atoms with Crippen molar-refractivity contribution in [1.29, 1.82) is 0 Å². The van der Waals surface area contributed by atoms with Gasteiger partial charge in [-0.05, 0) is 25.3 Å². The van der Waals surface area contributed by atoms with E-state index >= 15 is 0 Å². The summed E-state index contributed by atoms with van der Waals surface area (Å²) in [5.74, 6) is -0.118. The monoisotopic (exact) mass is 478 g/mol. The molecule has 1 atom stereocenters. The Bertz CT molecular complexity index is 1160. The minimum absolute atomic E-state index is 0.0470. The highest BCUT2D eigenvalue weighted by molar-refractivity contribution is 5.88. The van der Waals surface area contributed by atoms with E-state index in [1.807, 2.05) is 6.07 Å². The molecule has 3 aromatic rings. The highest BCUT2D eigenvalue weighted by Gasteiger charge is 2.39. The van der Waals surface area contributed by atoms with Crippen LogP contribution < -0.4 is 10.2 Å². The van der Waals surface area contributed by atoms with Crippen LogP contribution in [0.4, 0.5) is 29.5 Å². The van der Waals surface area contributed by atoms with Crippen LogP contribution in [0.25, 0.3) is 11.0 Å². The lowest BCUT2D eigenvalue weighted by Gasteiger charge is -2.37. The highest BCUT2D eigenvalue weighted by Crippen LogP contribution is 2.34. The SMILES string of the molecule is CN(C(=O)Nc1cc(C(F)(F)F)n(C2CCOC2)n1)C1CCN(c2cnc3[nH]ncc3c2)CC1. The van der Waals surface area contributed by atoms with E-state index < -0.39 is 23.9 Å². The zero-order chi connectivity index (χ0) is 23.9. The number of aromatic nitrogens is 5. The second kappa shape index (κ2) is 8.78. The van der Waals surface area contributed by atoms with Crippen molar-refractivity contribution in [1.82, 2.24) is 29.9 Å². The molecule has 34 heavy (non-hydrogen) atoms. The maximum absolute atomic E-state index is 13.5. The normalized spacial score (nSPS) is 19.6. The summed E-state index contributed by atoms with van der Waals surface area (Å²) in [6.45, 7) is 2.00. The third-order valence-electron chi connectivity index (χ3n) is 6.49. The molecule has 0 aliphatic carbocycles. The predicted octanol–water partition coefficient (Wildman–Crippen LogP) is 3.27. The largest absolute Gasteiger partial charge is 0.433 e. The minimum atomic E-state index is -4.58. The first-order chi connectivity index (χ1) is 16.3. The lowest BCUT2D eigenvalue weighted by molar-refractivity contribution is -0.145. The molecule has 2 fully saturated rings. The fourth-order valence-corrected chi connectivity index (χ4v) is 4.53. The molecule has 0 aromatic carbocycles. The van der Waals surface area contributed by atoms with E-state index in [1.165, 1.54) is 0 Å². The number of hydrogen-bond donors (Lipinski definition) is 2. The maximum atomic E-state index is 13.5. The Kier molecular flexibility index (Phi) is 5.80. The molecule has 0 bridgehead atoms. The van der Waals surface area contributed by atoms with Gasteiger partial charge in [-0.3, -0.25) is 15.1 Å². The van der Waals surface area contributed by atoms with Gasteiger partial charge in [-0.1, -0.05) is 0 Å². The van der Waals surface area contributed by atoms with Crippen molar-refractivity contribution >= 4 is 28.6 Å². The zero-order valence-electron chi connectivity index (χ0n) is 18.5. The van der Waals surface area contributed by atoms with Crippen molar-refractivity contribution < 1.29 is 22.7 Å². The summed E-state index contributed by atoms with van der Waals surface area (Å²) < 4.78 is 46.7. The van der Waals surface area contributed by atoms with Gasteiger partial charge in [0.2, 0.25) is 0 Å². The van der Waals surface area contributed by atoms with Gasteiger partial charge < -0.3 is 14.5 Å². The number of hydrogen-bond acceptors (Lipinski definition) is 6. The first-order valence-electron chi connectivity index (χ1n) is 11.1. The van der Waals surface area contributed by atoms with E-state index in [2.05, 4.69) is 30.5 Å². The Hall–Kier alpha value is -3.35. The molecule has 0 spiro atoms. The number of aromatic amines is 1. The first-order valence-corrected chi connectivity index (χ1v) is 11.1. The van der Waals surface area contributed by atoms with Gasteiger partial charge >= 0.3 is 12.2 Å². The molecule has 3 aromatic heterocycles. The second-order valence-electron chi connectivity index (χ2n) is 8.64. The number of piperidine rings is 1. The summed E-state index contributed by atoms with van der Waals surface area (Å²) in [5, 5.41) is 14.3. The van der Waals surface area contributed by atoms with Crippen LogP contribution in [-0.2, 0) is 10.9 Å². The molecule has 10 nitrogen and oxygen atoms in total. The number of amides is 2. The van der Waals surface area contributed by atoms with E-state index in [0.29, 0.717) is 13.0 Å². The number of ether oxygens (including phenoxy) is 1. The quantitative estimate of drug-likeness (QED) is 0.597. The summed E-state index contributed by atoms with van der Waals surface area (Å²) in [7, 11) is 1.65. The number of H-pyrrole nitrogens is 1. The van der Waals surface area contributed by atoms with Crippen LogP contribution in [0.1, 0.15) is 31.0 Å². The highest BCUT2D eigenvalue weighted by atomic mass is 19.4. The van der Waals surface area contributed by atoms with Crippen molar-refractivity contribution in [2.75, 3.05) is 43.6 Å². The van der Waals surface area contributed by atoms with Gasteiger partial charge in [0.1, 0.15) is 5.69 Å². The number of alkyl halides is 3. The number of pyridine rings is 1. The molecule has 2 N–H and O–H groups in total. The molecular formula is C21H25F3N8O2. The van der Waals surface area contributed by atoms with E-state index in [9.17, 15) is 18.0 Å². The third kappa shape index (κ3) is 4.39. The van der Waals surface area contributed by atoms with Gasteiger partial charge in [0.05, 0.1) is 30.7 Å². The average Bonchev–Trinajstić information content (AvgIpc) is 3.58. The van der Waals surface area contributed by atoms with Crippen LogP contribution >= 0.6 is 0 Å². The maximum Gasteiger partial charge on any atom is 0.433 e.